The van der Waals surface area contributed by atoms with E-state index in [-0.39, 0.29) is 0 Å². The molecule has 106 valence electrons. The molecular weight excluding hydrogens is 236 g/mol. The van der Waals surface area contributed by atoms with Crippen LogP contribution in [0.25, 0.3) is 0 Å². The minimum atomic E-state index is 0.413. The fourth-order valence-electron chi connectivity index (χ4n) is 2.58. The van der Waals surface area contributed by atoms with Gasteiger partial charge in [0, 0.05) is 18.6 Å². The number of nitrogens with one attached hydrogen (secondary N) is 1. The molecule has 0 saturated heterocycles. The Balaban J connectivity index is 2.04. The molecule has 1 saturated carbocycles. The van der Waals surface area contributed by atoms with Gasteiger partial charge in [-0.25, -0.2) is 0 Å². The first-order chi connectivity index (χ1) is 9.28. The van der Waals surface area contributed by atoms with Crippen LogP contribution in [-0.4, -0.2) is 37.7 Å². The number of benzene rings is 1. The summed E-state index contributed by atoms with van der Waals surface area (Å²) in [5.41, 5.74) is 1.35. The lowest BCUT2D eigenvalue weighted by molar-refractivity contribution is 0.245. The lowest BCUT2D eigenvalue weighted by Crippen LogP contribution is -2.36. The summed E-state index contributed by atoms with van der Waals surface area (Å²) < 4.78 is 5.23. The van der Waals surface area contributed by atoms with Crippen LogP contribution in [0.3, 0.4) is 0 Å². The van der Waals surface area contributed by atoms with E-state index in [0.29, 0.717) is 6.04 Å². The fourth-order valence-corrected chi connectivity index (χ4v) is 2.58. The number of hydrogen-bond donors (Lipinski definition) is 1. The third-order valence-corrected chi connectivity index (χ3v) is 3.86. The van der Waals surface area contributed by atoms with Crippen LogP contribution in [0, 0.1) is 0 Å². The van der Waals surface area contributed by atoms with Crippen molar-refractivity contribution in [3.05, 3.63) is 29.8 Å². The van der Waals surface area contributed by atoms with E-state index in [1.807, 2.05) is 12.1 Å². The summed E-state index contributed by atoms with van der Waals surface area (Å²) in [7, 11) is 1.71. The smallest absolute Gasteiger partial charge is 0.118 e. The zero-order chi connectivity index (χ0) is 13.7. The van der Waals surface area contributed by atoms with Crippen LogP contribution in [0.5, 0.6) is 5.75 Å². The summed E-state index contributed by atoms with van der Waals surface area (Å²) in [6.45, 7) is 7.67. The Kier molecular flexibility index (Phi) is 5.23. The van der Waals surface area contributed by atoms with Gasteiger partial charge in [0.1, 0.15) is 5.75 Å². The molecule has 0 bridgehead atoms. The molecule has 1 fully saturated rings. The van der Waals surface area contributed by atoms with E-state index in [0.717, 1.165) is 31.4 Å². The molecule has 1 N–H and O–H groups in total. The van der Waals surface area contributed by atoms with E-state index < -0.39 is 0 Å². The zero-order valence-electron chi connectivity index (χ0n) is 12.4. The van der Waals surface area contributed by atoms with Crippen LogP contribution >= 0.6 is 0 Å². The quantitative estimate of drug-likeness (QED) is 0.779. The molecule has 19 heavy (non-hydrogen) atoms. The first-order valence-corrected chi connectivity index (χ1v) is 7.39. The van der Waals surface area contributed by atoms with E-state index in [1.165, 1.54) is 18.4 Å². The molecule has 0 heterocycles. The molecule has 1 aromatic carbocycles. The predicted octanol–water partition coefficient (Wildman–Crippen LogP) is 2.83. The molecule has 1 aromatic rings. The number of ether oxygens (including phenoxy) is 1. The van der Waals surface area contributed by atoms with Gasteiger partial charge in [-0.2, -0.15) is 0 Å². The van der Waals surface area contributed by atoms with E-state index in [2.05, 4.69) is 36.2 Å². The van der Waals surface area contributed by atoms with Gasteiger partial charge in [-0.3, -0.25) is 4.90 Å². The Morgan fingerprint density at radius 2 is 1.95 bits per heavy atom. The summed E-state index contributed by atoms with van der Waals surface area (Å²) in [5, 5.41) is 3.60. The Bertz CT molecular complexity index is 373. The van der Waals surface area contributed by atoms with Crippen LogP contribution in [0.1, 0.15) is 38.3 Å². The maximum Gasteiger partial charge on any atom is 0.118 e. The Morgan fingerprint density at radius 3 is 2.42 bits per heavy atom. The molecule has 0 aromatic heterocycles. The lowest BCUT2D eigenvalue weighted by Gasteiger charge is -2.27. The summed E-state index contributed by atoms with van der Waals surface area (Å²) in [4.78, 5) is 2.59. The molecule has 1 unspecified atom stereocenters. The number of nitrogens with zero attached hydrogens (tertiary/aromatic N) is 1. The summed E-state index contributed by atoms with van der Waals surface area (Å²) in [6.07, 6.45) is 2.74. The molecule has 2 rings (SSSR count). The standard InChI is InChI=1S/C16H26N2O/c1-4-17-16(12-18(5-2)14-8-9-14)13-6-10-15(19-3)11-7-13/h6-7,10-11,14,16-17H,4-5,8-9,12H2,1-3H3. The van der Waals surface area contributed by atoms with Crippen LogP contribution in [0.4, 0.5) is 0 Å². The molecule has 3 nitrogen and oxygen atoms in total. The molecule has 3 heteroatoms. The zero-order valence-corrected chi connectivity index (χ0v) is 12.4. The van der Waals surface area contributed by atoms with Gasteiger partial charge < -0.3 is 10.1 Å². The van der Waals surface area contributed by atoms with Gasteiger partial charge >= 0.3 is 0 Å². The second-order valence-electron chi connectivity index (χ2n) is 5.20. The second kappa shape index (κ2) is 6.92. The highest BCUT2D eigenvalue weighted by molar-refractivity contribution is 5.29. The van der Waals surface area contributed by atoms with Crippen LogP contribution < -0.4 is 10.1 Å². The van der Waals surface area contributed by atoms with Gasteiger partial charge in [-0.15, -0.1) is 0 Å². The SMILES string of the molecule is CCNC(CN(CC)C1CC1)c1ccc(OC)cc1. The van der Waals surface area contributed by atoms with Gasteiger partial charge in [0.25, 0.3) is 0 Å². The third-order valence-electron chi connectivity index (χ3n) is 3.86. The van der Waals surface area contributed by atoms with Crippen molar-refractivity contribution in [3.63, 3.8) is 0 Å². The molecule has 0 spiro atoms. The van der Waals surface area contributed by atoms with Gasteiger partial charge in [-0.05, 0) is 43.6 Å². The highest BCUT2D eigenvalue weighted by Crippen LogP contribution is 2.28. The Morgan fingerprint density at radius 1 is 1.26 bits per heavy atom. The molecule has 0 radical (unpaired) electrons. The van der Waals surface area contributed by atoms with Gasteiger partial charge in [-0.1, -0.05) is 26.0 Å². The Labute approximate surface area is 116 Å². The normalized spacial score (nSPS) is 16.6. The van der Waals surface area contributed by atoms with Crippen molar-refractivity contribution in [2.24, 2.45) is 0 Å². The molecular formula is C16H26N2O. The van der Waals surface area contributed by atoms with E-state index in [1.54, 1.807) is 7.11 Å². The maximum atomic E-state index is 5.23. The molecule has 0 aliphatic heterocycles. The first kappa shape index (κ1) is 14.4. The summed E-state index contributed by atoms with van der Waals surface area (Å²) in [6, 6.07) is 9.68. The number of rotatable bonds is 8. The lowest BCUT2D eigenvalue weighted by atomic mass is 10.1. The van der Waals surface area contributed by atoms with Crippen LogP contribution in [0.15, 0.2) is 24.3 Å². The Hall–Kier alpha value is -1.06. The van der Waals surface area contributed by atoms with Crippen LogP contribution in [-0.2, 0) is 0 Å². The topological polar surface area (TPSA) is 24.5 Å². The maximum absolute atomic E-state index is 5.23. The van der Waals surface area contributed by atoms with Crippen molar-refractivity contribution in [2.45, 2.75) is 38.8 Å². The highest BCUT2D eigenvalue weighted by atomic mass is 16.5. The number of hydrogen-bond acceptors (Lipinski definition) is 3. The monoisotopic (exact) mass is 262 g/mol. The summed E-state index contributed by atoms with van der Waals surface area (Å²) >= 11 is 0. The molecule has 1 aliphatic carbocycles. The second-order valence-corrected chi connectivity index (χ2v) is 5.20. The average molecular weight is 262 g/mol. The number of methoxy groups -OCH3 is 1. The minimum absolute atomic E-state index is 0.413. The van der Waals surface area contributed by atoms with E-state index in [4.69, 9.17) is 4.74 Å². The number of likely N-dealkylation sites (N-methyl/N-ethyl adjacent to an activating group) is 2. The van der Waals surface area contributed by atoms with E-state index >= 15 is 0 Å². The van der Waals surface area contributed by atoms with Gasteiger partial charge in [0.05, 0.1) is 7.11 Å². The van der Waals surface area contributed by atoms with Gasteiger partial charge in [0.15, 0.2) is 0 Å². The molecule has 1 aliphatic rings. The largest absolute Gasteiger partial charge is 0.497 e. The highest BCUT2D eigenvalue weighted by Gasteiger charge is 2.29. The predicted molar refractivity (Wildman–Crippen MR) is 79.7 cm³/mol. The van der Waals surface area contributed by atoms with Crippen molar-refractivity contribution >= 4 is 0 Å². The molecule has 0 amide bonds. The summed E-state index contributed by atoms with van der Waals surface area (Å²) in [5.74, 6) is 0.925. The molecule has 1 atom stereocenters. The minimum Gasteiger partial charge on any atom is -0.497 e. The first-order valence-electron chi connectivity index (χ1n) is 7.39. The van der Waals surface area contributed by atoms with E-state index in [9.17, 15) is 0 Å². The van der Waals surface area contributed by atoms with Crippen molar-refractivity contribution in [1.29, 1.82) is 0 Å². The van der Waals surface area contributed by atoms with Crippen molar-refractivity contribution in [3.8, 4) is 5.75 Å². The third kappa shape index (κ3) is 3.95. The van der Waals surface area contributed by atoms with Crippen molar-refractivity contribution in [1.82, 2.24) is 10.2 Å². The van der Waals surface area contributed by atoms with Crippen LogP contribution in [0.2, 0.25) is 0 Å². The fraction of sp³-hybridized carbons (Fsp3) is 0.625. The van der Waals surface area contributed by atoms with Crippen molar-refractivity contribution in [2.75, 3.05) is 26.7 Å². The van der Waals surface area contributed by atoms with Gasteiger partial charge in [0.2, 0.25) is 0 Å². The van der Waals surface area contributed by atoms with Crippen molar-refractivity contribution < 1.29 is 4.74 Å². The average Bonchev–Trinajstić information content (AvgIpc) is 3.28.